The average molecular weight is 324 g/mol. The van der Waals surface area contributed by atoms with Gasteiger partial charge in [0.1, 0.15) is 5.82 Å². The van der Waals surface area contributed by atoms with E-state index < -0.39 is 6.10 Å². The molecule has 0 saturated heterocycles. The van der Waals surface area contributed by atoms with Crippen LogP contribution in [0.1, 0.15) is 37.3 Å². The molecule has 2 atom stereocenters. The Morgan fingerprint density at radius 2 is 2.17 bits per heavy atom. The molecule has 2 unspecified atom stereocenters. The van der Waals surface area contributed by atoms with Gasteiger partial charge in [0.2, 0.25) is 0 Å². The first-order chi connectivity index (χ1) is 11.1. The monoisotopic (exact) mass is 324 g/mol. The second-order valence-corrected chi connectivity index (χ2v) is 6.04. The molecule has 0 aromatic heterocycles. The van der Waals surface area contributed by atoms with Crippen LogP contribution in [0.5, 0.6) is 0 Å². The Hall–Kier alpha value is -1.66. The lowest BCUT2D eigenvalue weighted by molar-refractivity contribution is 0.0658. The Balaban J connectivity index is 1.99. The first-order valence-electron chi connectivity index (χ1n) is 8.07. The van der Waals surface area contributed by atoms with Crippen LogP contribution in [0.4, 0.5) is 9.18 Å². The molecular formula is C17H25FN2O3. The number of urea groups is 1. The summed E-state index contributed by atoms with van der Waals surface area (Å²) in [6.45, 7) is 0.274. The average Bonchev–Trinajstić information content (AvgIpc) is 3.05. The van der Waals surface area contributed by atoms with E-state index in [-0.39, 0.29) is 31.0 Å². The van der Waals surface area contributed by atoms with E-state index in [1.54, 1.807) is 6.07 Å². The highest BCUT2D eigenvalue weighted by molar-refractivity contribution is 5.74. The summed E-state index contributed by atoms with van der Waals surface area (Å²) in [5.41, 5.74) is 0.782. The summed E-state index contributed by atoms with van der Waals surface area (Å²) >= 11 is 0. The molecule has 1 aromatic carbocycles. The normalized spacial score (nSPS) is 17.7. The number of ether oxygens (including phenoxy) is 1. The van der Waals surface area contributed by atoms with E-state index in [0.29, 0.717) is 5.92 Å². The van der Waals surface area contributed by atoms with Gasteiger partial charge < -0.3 is 20.5 Å². The fourth-order valence-corrected chi connectivity index (χ4v) is 3.12. The van der Waals surface area contributed by atoms with E-state index in [1.165, 1.54) is 19.2 Å². The van der Waals surface area contributed by atoms with E-state index in [4.69, 9.17) is 4.74 Å². The summed E-state index contributed by atoms with van der Waals surface area (Å²) in [7, 11) is 1.49. The highest BCUT2D eigenvalue weighted by Gasteiger charge is 2.28. The molecule has 2 amide bonds. The largest absolute Gasteiger partial charge is 0.389 e. The number of nitrogens with one attached hydrogen (secondary N) is 2. The number of rotatable bonds is 7. The topological polar surface area (TPSA) is 70.6 Å². The van der Waals surface area contributed by atoms with Gasteiger partial charge in [0.15, 0.2) is 0 Å². The number of halogens is 1. The van der Waals surface area contributed by atoms with Gasteiger partial charge in [-0.05, 0) is 36.5 Å². The Kier molecular flexibility index (Phi) is 6.80. The molecule has 0 aliphatic heterocycles. The second kappa shape index (κ2) is 8.84. The molecule has 1 aliphatic rings. The van der Waals surface area contributed by atoms with Crippen molar-refractivity contribution in [1.29, 1.82) is 0 Å². The Labute approximate surface area is 136 Å². The molecule has 3 N–H and O–H groups in total. The maximum atomic E-state index is 13.5. The molecule has 1 aromatic rings. The van der Waals surface area contributed by atoms with E-state index in [1.807, 2.05) is 6.07 Å². The number of carbonyl (C=O) groups excluding carboxylic acids is 1. The third-order valence-corrected chi connectivity index (χ3v) is 4.22. The number of carbonyl (C=O) groups is 1. The summed E-state index contributed by atoms with van der Waals surface area (Å²) in [5.74, 6) is 0.00895. The molecule has 1 saturated carbocycles. The fraction of sp³-hybridized carbons (Fsp3) is 0.588. The zero-order valence-corrected chi connectivity index (χ0v) is 13.4. The molecule has 1 fully saturated rings. The fourth-order valence-electron chi connectivity index (χ4n) is 3.12. The zero-order chi connectivity index (χ0) is 16.7. The number of aliphatic hydroxyl groups excluding tert-OH is 1. The minimum Gasteiger partial charge on any atom is -0.389 e. The highest BCUT2D eigenvalue weighted by atomic mass is 19.1. The second-order valence-electron chi connectivity index (χ2n) is 6.04. The van der Waals surface area contributed by atoms with Crippen LogP contribution in [0.25, 0.3) is 0 Å². The molecule has 128 valence electrons. The summed E-state index contributed by atoms with van der Waals surface area (Å²) in [4.78, 5) is 12.1. The quantitative estimate of drug-likeness (QED) is 0.721. The van der Waals surface area contributed by atoms with Crippen molar-refractivity contribution in [1.82, 2.24) is 10.6 Å². The smallest absolute Gasteiger partial charge is 0.315 e. The van der Waals surface area contributed by atoms with Gasteiger partial charge in [-0.15, -0.1) is 0 Å². The van der Waals surface area contributed by atoms with Crippen molar-refractivity contribution < 1.29 is 19.0 Å². The van der Waals surface area contributed by atoms with Gasteiger partial charge in [-0.2, -0.15) is 0 Å². The molecule has 0 bridgehead atoms. The maximum Gasteiger partial charge on any atom is 0.315 e. The third kappa shape index (κ3) is 5.48. The third-order valence-electron chi connectivity index (χ3n) is 4.22. The molecule has 2 rings (SSSR count). The number of aliphatic hydroxyl groups is 1. The van der Waals surface area contributed by atoms with Gasteiger partial charge in [-0.3, -0.25) is 0 Å². The van der Waals surface area contributed by atoms with E-state index in [2.05, 4.69) is 10.6 Å². The van der Waals surface area contributed by atoms with Crippen LogP contribution in [0.15, 0.2) is 24.3 Å². The molecule has 23 heavy (non-hydrogen) atoms. The van der Waals surface area contributed by atoms with Gasteiger partial charge in [0, 0.05) is 13.7 Å². The number of benzene rings is 1. The first kappa shape index (κ1) is 17.7. The maximum absolute atomic E-state index is 13.5. The number of methoxy groups -OCH3 is 1. The van der Waals surface area contributed by atoms with Crippen LogP contribution in [0.2, 0.25) is 0 Å². The highest BCUT2D eigenvalue weighted by Crippen LogP contribution is 2.35. The van der Waals surface area contributed by atoms with Gasteiger partial charge in [-0.1, -0.05) is 25.0 Å². The zero-order valence-electron chi connectivity index (χ0n) is 13.4. The first-order valence-corrected chi connectivity index (χ1v) is 8.07. The number of amides is 2. The van der Waals surface area contributed by atoms with Crippen molar-refractivity contribution in [3.05, 3.63) is 35.6 Å². The summed E-state index contributed by atoms with van der Waals surface area (Å²) in [5, 5.41) is 15.1. The van der Waals surface area contributed by atoms with Crippen LogP contribution < -0.4 is 10.6 Å². The van der Waals surface area contributed by atoms with Crippen molar-refractivity contribution in [3.8, 4) is 0 Å². The minimum atomic E-state index is -0.746. The van der Waals surface area contributed by atoms with Crippen LogP contribution in [0, 0.1) is 11.7 Å². The van der Waals surface area contributed by atoms with Crippen molar-refractivity contribution in [2.45, 2.75) is 37.8 Å². The van der Waals surface area contributed by atoms with E-state index >= 15 is 0 Å². The molecule has 0 radical (unpaired) electrons. The molecular weight excluding hydrogens is 299 g/mol. The van der Waals surface area contributed by atoms with Gasteiger partial charge in [0.25, 0.3) is 0 Å². The van der Waals surface area contributed by atoms with Crippen LogP contribution >= 0.6 is 0 Å². The predicted molar refractivity (Wildman–Crippen MR) is 85.5 cm³/mol. The van der Waals surface area contributed by atoms with Crippen LogP contribution in [-0.4, -0.2) is 37.5 Å². The van der Waals surface area contributed by atoms with Crippen molar-refractivity contribution in [2.75, 3.05) is 20.3 Å². The molecule has 5 nitrogen and oxygen atoms in total. The van der Waals surface area contributed by atoms with Crippen molar-refractivity contribution in [3.63, 3.8) is 0 Å². The Morgan fingerprint density at radius 1 is 1.43 bits per heavy atom. The van der Waals surface area contributed by atoms with Crippen molar-refractivity contribution >= 4 is 6.03 Å². The predicted octanol–water partition coefficient (Wildman–Crippen LogP) is 2.36. The van der Waals surface area contributed by atoms with Crippen molar-refractivity contribution in [2.24, 2.45) is 5.92 Å². The summed E-state index contributed by atoms with van der Waals surface area (Å²) in [6.07, 6.45) is 3.56. The van der Waals surface area contributed by atoms with Crippen LogP contribution in [0.3, 0.4) is 0 Å². The standard InChI is InChI=1S/C17H25FN2O3/c1-23-11-15(21)10-19-17(22)20-16(12-5-2-3-6-12)13-7-4-8-14(18)9-13/h4,7-9,12,15-16,21H,2-3,5-6,10-11H2,1H3,(H2,19,20,22). The van der Waals surface area contributed by atoms with E-state index in [0.717, 1.165) is 31.2 Å². The van der Waals surface area contributed by atoms with Gasteiger partial charge in [-0.25, -0.2) is 9.18 Å². The summed E-state index contributed by atoms with van der Waals surface area (Å²) < 4.78 is 18.3. The van der Waals surface area contributed by atoms with Gasteiger partial charge >= 0.3 is 6.03 Å². The van der Waals surface area contributed by atoms with Crippen LogP contribution in [-0.2, 0) is 4.74 Å². The number of hydrogen-bond donors (Lipinski definition) is 3. The number of hydrogen-bond acceptors (Lipinski definition) is 3. The van der Waals surface area contributed by atoms with E-state index in [9.17, 15) is 14.3 Å². The lowest BCUT2D eigenvalue weighted by Crippen LogP contribution is -2.43. The van der Waals surface area contributed by atoms with Gasteiger partial charge in [0.05, 0.1) is 18.8 Å². The SMILES string of the molecule is COCC(O)CNC(=O)NC(c1cccc(F)c1)C1CCCC1. The lowest BCUT2D eigenvalue weighted by Gasteiger charge is -2.25. The lowest BCUT2D eigenvalue weighted by atomic mass is 9.91. The molecule has 0 spiro atoms. The Bertz CT molecular complexity index is 506. The molecule has 6 heteroatoms. The summed E-state index contributed by atoms with van der Waals surface area (Å²) in [6, 6.07) is 5.80. The minimum absolute atomic E-state index is 0.111. The Morgan fingerprint density at radius 3 is 2.83 bits per heavy atom. The molecule has 1 aliphatic carbocycles. The molecule has 0 heterocycles.